The first-order chi connectivity index (χ1) is 16.3. The number of aryl methyl sites for hydroxylation is 1. The molecule has 0 bridgehead atoms. The number of primary amides is 1. The number of pyridine rings is 1. The Labute approximate surface area is 202 Å². The zero-order chi connectivity index (χ0) is 24.4. The number of fused-ring (bicyclic) bond motifs is 1. The Kier molecular flexibility index (Phi) is 6.39. The molecule has 3 aromatic heterocycles. The van der Waals surface area contributed by atoms with Gasteiger partial charge in [-0.1, -0.05) is 29.3 Å². The smallest absolute Gasteiger partial charge is 0.266 e. The molecule has 5 N–H and O–H groups in total. The van der Waals surface area contributed by atoms with E-state index >= 15 is 0 Å². The van der Waals surface area contributed by atoms with Crippen LogP contribution in [0.2, 0.25) is 10.0 Å². The van der Waals surface area contributed by atoms with Crippen LogP contribution in [0.15, 0.2) is 59.1 Å². The number of anilines is 1. The Hall–Kier alpha value is -4.09. The molecule has 0 unspecified atom stereocenters. The molecule has 0 aliphatic heterocycles. The molecule has 0 aliphatic rings. The number of hydrogen-bond acceptors (Lipinski definition) is 8. The summed E-state index contributed by atoms with van der Waals surface area (Å²) in [5.41, 5.74) is 12.2. The van der Waals surface area contributed by atoms with Gasteiger partial charge in [0, 0.05) is 0 Å². The van der Waals surface area contributed by atoms with Gasteiger partial charge in [-0.25, -0.2) is 9.37 Å². The maximum atomic E-state index is 14.0. The number of carbonyl (C=O) groups excluding carboxylic acids is 1. The number of rotatable bonds is 6. The third kappa shape index (κ3) is 4.51. The molecular weight excluding hydrogens is 484 g/mol. The van der Waals surface area contributed by atoms with Crippen LogP contribution in [0.4, 0.5) is 15.8 Å². The molecule has 4 rings (SSSR count). The van der Waals surface area contributed by atoms with Crippen molar-refractivity contribution in [2.45, 2.75) is 6.92 Å². The lowest BCUT2D eigenvalue weighted by molar-refractivity contribution is -0.114. The number of halogens is 3. The molecule has 0 fully saturated rings. The van der Waals surface area contributed by atoms with Crippen LogP contribution in [0.25, 0.3) is 17.2 Å². The van der Waals surface area contributed by atoms with Gasteiger partial charge in [-0.2, -0.15) is 0 Å². The second kappa shape index (κ2) is 9.41. The van der Waals surface area contributed by atoms with Crippen LogP contribution < -0.4 is 16.8 Å². The number of aliphatic imine (C=N–C) groups is 1. The highest BCUT2D eigenvalue weighted by atomic mass is 35.5. The van der Waals surface area contributed by atoms with Gasteiger partial charge in [-0.05, 0) is 31.2 Å². The van der Waals surface area contributed by atoms with Gasteiger partial charge in [0.15, 0.2) is 17.3 Å². The van der Waals surface area contributed by atoms with Crippen LogP contribution in [0.3, 0.4) is 0 Å². The summed E-state index contributed by atoms with van der Waals surface area (Å²) >= 11 is 12.3. The molecule has 0 saturated heterocycles. The van der Waals surface area contributed by atoms with Crippen LogP contribution >= 0.6 is 23.2 Å². The number of nitrogens with one attached hydrogen (secondary N) is 1. The van der Waals surface area contributed by atoms with Gasteiger partial charge in [-0.3, -0.25) is 19.2 Å². The summed E-state index contributed by atoms with van der Waals surface area (Å²) in [6.07, 6.45) is 3.83. The van der Waals surface area contributed by atoms with Crippen LogP contribution in [-0.2, 0) is 4.79 Å². The zero-order valence-electron chi connectivity index (χ0n) is 17.5. The summed E-state index contributed by atoms with van der Waals surface area (Å²) in [5.74, 6) is -0.649. The molecule has 0 spiro atoms. The predicted octanol–water partition coefficient (Wildman–Crippen LogP) is 3.41. The number of para-hydroxylation sites is 1. The number of nitrogens with zero attached hydrogens (tertiary/aromatic N) is 6. The molecule has 13 heteroatoms. The molecule has 0 aliphatic carbocycles. The Morgan fingerprint density at radius 2 is 1.85 bits per heavy atom. The highest BCUT2D eigenvalue weighted by Gasteiger charge is 2.16. The SMILES string of the molecule is Cc1ncc(F)c2nnc(-c3ccc(NC(C=Nc4c(Cl)cccc4Cl)=C(N)C(N)=O)cn3)n12. The molecule has 34 heavy (non-hydrogen) atoms. The minimum Gasteiger partial charge on any atom is -0.393 e. The van der Waals surface area contributed by atoms with Gasteiger partial charge < -0.3 is 16.8 Å². The van der Waals surface area contributed by atoms with E-state index in [2.05, 4.69) is 30.5 Å². The van der Waals surface area contributed by atoms with Crippen LogP contribution in [0.5, 0.6) is 0 Å². The van der Waals surface area contributed by atoms with E-state index < -0.39 is 11.7 Å². The Morgan fingerprint density at radius 3 is 2.50 bits per heavy atom. The van der Waals surface area contributed by atoms with Gasteiger partial charge in [0.2, 0.25) is 0 Å². The van der Waals surface area contributed by atoms with Crippen molar-refractivity contribution >= 4 is 52.3 Å². The van der Waals surface area contributed by atoms with Crippen molar-refractivity contribution in [2.75, 3.05) is 5.32 Å². The molecule has 3 heterocycles. The fourth-order valence-corrected chi connectivity index (χ4v) is 3.47. The highest BCUT2D eigenvalue weighted by Crippen LogP contribution is 2.32. The Morgan fingerprint density at radius 1 is 1.12 bits per heavy atom. The molecule has 4 aromatic rings. The lowest BCUT2D eigenvalue weighted by Crippen LogP contribution is -2.25. The van der Waals surface area contributed by atoms with Gasteiger partial charge in [0.05, 0.1) is 40.0 Å². The minimum atomic E-state index is -0.858. The monoisotopic (exact) mass is 499 g/mol. The topological polar surface area (TPSA) is 149 Å². The number of nitrogens with two attached hydrogens (primary N) is 2. The fourth-order valence-electron chi connectivity index (χ4n) is 2.98. The minimum absolute atomic E-state index is 0.0420. The van der Waals surface area contributed by atoms with E-state index in [4.69, 9.17) is 34.7 Å². The first-order valence-corrected chi connectivity index (χ1v) is 10.4. The number of hydrogen-bond donors (Lipinski definition) is 3. The van der Waals surface area contributed by atoms with Crippen LogP contribution in [0.1, 0.15) is 5.82 Å². The van der Waals surface area contributed by atoms with Crippen LogP contribution in [0, 0.1) is 12.7 Å². The van der Waals surface area contributed by atoms with Gasteiger partial charge in [0.25, 0.3) is 5.91 Å². The highest BCUT2D eigenvalue weighted by molar-refractivity contribution is 6.38. The molecule has 1 aromatic carbocycles. The first kappa shape index (κ1) is 23.1. The number of amides is 1. The third-order valence-corrected chi connectivity index (χ3v) is 5.26. The van der Waals surface area contributed by atoms with E-state index in [9.17, 15) is 9.18 Å². The average Bonchev–Trinajstić information content (AvgIpc) is 3.27. The van der Waals surface area contributed by atoms with Crippen molar-refractivity contribution in [1.29, 1.82) is 0 Å². The Bertz CT molecular complexity index is 1450. The summed E-state index contributed by atoms with van der Waals surface area (Å²) < 4.78 is 15.4. The van der Waals surface area contributed by atoms with E-state index in [0.717, 1.165) is 6.20 Å². The van der Waals surface area contributed by atoms with Crippen molar-refractivity contribution in [3.05, 3.63) is 75.8 Å². The van der Waals surface area contributed by atoms with E-state index in [1.807, 2.05) is 0 Å². The van der Waals surface area contributed by atoms with Gasteiger partial charge in [0.1, 0.15) is 22.9 Å². The predicted molar refractivity (Wildman–Crippen MR) is 127 cm³/mol. The largest absolute Gasteiger partial charge is 0.393 e. The molecule has 0 saturated carbocycles. The summed E-state index contributed by atoms with van der Waals surface area (Å²) in [4.78, 5) is 24.2. The standard InChI is InChI=1S/C21H16Cl2FN9O/c1-10-27-8-14(24)20-31-32-21(33(10)20)15-6-5-11(7-28-15)30-16(17(25)19(26)34)9-29-18-12(22)3-2-4-13(18)23/h2-9,30H,25H2,1H3,(H2,26,34). The zero-order valence-corrected chi connectivity index (χ0v) is 19.0. The summed E-state index contributed by atoms with van der Waals surface area (Å²) in [7, 11) is 0. The number of carbonyl (C=O) groups is 1. The van der Waals surface area contributed by atoms with Crippen molar-refractivity contribution in [2.24, 2.45) is 16.5 Å². The third-order valence-electron chi connectivity index (χ3n) is 4.65. The maximum absolute atomic E-state index is 14.0. The molecular formula is C21H16Cl2FN9O. The van der Waals surface area contributed by atoms with E-state index in [-0.39, 0.29) is 17.0 Å². The molecule has 1 amide bonds. The normalized spacial score (nSPS) is 12.2. The number of allylic oxidation sites excluding steroid dienone is 1. The second-order valence-electron chi connectivity index (χ2n) is 6.91. The summed E-state index contributed by atoms with van der Waals surface area (Å²) in [6.45, 7) is 1.70. The molecule has 172 valence electrons. The second-order valence-corrected chi connectivity index (χ2v) is 7.73. The van der Waals surface area contributed by atoms with E-state index in [1.54, 1.807) is 37.3 Å². The summed E-state index contributed by atoms with van der Waals surface area (Å²) in [6, 6.07) is 8.19. The first-order valence-electron chi connectivity index (χ1n) is 9.63. The summed E-state index contributed by atoms with van der Waals surface area (Å²) in [5, 5.41) is 11.5. The van der Waals surface area contributed by atoms with Gasteiger partial charge in [-0.15, -0.1) is 10.2 Å². The van der Waals surface area contributed by atoms with Crippen molar-refractivity contribution < 1.29 is 9.18 Å². The quantitative estimate of drug-likeness (QED) is 0.271. The van der Waals surface area contributed by atoms with Crippen LogP contribution in [-0.4, -0.2) is 36.7 Å². The fraction of sp³-hybridized carbons (Fsp3) is 0.0476. The lowest BCUT2D eigenvalue weighted by Gasteiger charge is -2.10. The maximum Gasteiger partial charge on any atom is 0.266 e. The molecule has 0 atom stereocenters. The average molecular weight is 500 g/mol. The number of aromatic nitrogens is 5. The van der Waals surface area contributed by atoms with E-state index in [1.165, 1.54) is 16.8 Å². The van der Waals surface area contributed by atoms with E-state index in [0.29, 0.717) is 38.8 Å². The van der Waals surface area contributed by atoms with Crippen molar-refractivity contribution in [3.63, 3.8) is 0 Å². The Balaban J connectivity index is 1.65. The van der Waals surface area contributed by atoms with Gasteiger partial charge >= 0.3 is 0 Å². The van der Waals surface area contributed by atoms with Crippen molar-refractivity contribution in [3.8, 4) is 11.5 Å². The molecule has 10 nitrogen and oxygen atoms in total. The molecule has 0 radical (unpaired) electrons. The van der Waals surface area contributed by atoms with Crippen molar-refractivity contribution in [1.82, 2.24) is 24.6 Å². The lowest BCUT2D eigenvalue weighted by atomic mass is 10.2. The number of benzene rings is 1.